The van der Waals surface area contributed by atoms with E-state index in [1.807, 2.05) is 25.1 Å². The van der Waals surface area contributed by atoms with Crippen molar-refractivity contribution in [1.29, 1.82) is 0 Å². The van der Waals surface area contributed by atoms with E-state index >= 15 is 0 Å². The van der Waals surface area contributed by atoms with Gasteiger partial charge < -0.3 is 19.5 Å². The predicted octanol–water partition coefficient (Wildman–Crippen LogP) is 5.25. The quantitative estimate of drug-likeness (QED) is 0.464. The SMILES string of the molecule is Cc1ccc(C(C)C)cc1CN1C(=O)[C@](O)(CC(=O)/C=C/c2ccc3c(c2)OCO3)c2ccccc21. The van der Waals surface area contributed by atoms with Gasteiger partial charge in [0.2, 0.25) is 6.79 Å². The molecule has 3 aromatic carbocycles. The van der Waals surface area contributed by atoms with E-state index in [2.05, 4.69) is 32.0 Å². The molecule has 1 atom stereocenters. The molecule has 5 rings (SSSR count). The second-order valence-corrected chi connectivity index (χ2v) is 9.70. The Labute approximate surface area is 210 Å². The zero-order chi connectivity index (χ0) is 25.4. The summed E-state index contributed by atoms with van der Waals surface area (Å²) in [5.41, 5.74) is 3.21. The van der Waals surface area contributed by atoms with Crippen molar-refractivity contribution < 1.29 is 24.2 Å². The number of benzene rings is 3. The van der Waals surface area contributed by atoms with Gasteiger partial charge in [-0.3, -0.25) is 9.59 Å². The van der Waals surface area contributed by atoms with Crippen molar-refractivity contribution in [2.75, 3.05) is 11.7 Å². The molecule has 0 saturated heterocycles. The van der Waals surface area contributed by atoms with Crippen LogP contribution in [0, 0.1) is 6.92 Å². The third-order valence-corrected chi connectivity index (χ3v) is 6.90. The molecule has 1 N–H and O–H groups in total. The van der Waals surface area contributed by atoms with Gasteiger partial charge in [-0.2, -0.15) is 0 Å². The van der Waals surface area contributed by atoms with Crippen LogP contribution in [0.1, 0.15) is 54.0 Å². The van der Waals surface area contributed by atoms with Crippen molar-refractivity contribution in [3.63, 3.8) is 0 Å². The number of ether oxygens (including phenoxy) is 2. The molecule has 0 spiro atoms. The lowest BCUT2D eigenvalue weighted by Gasteiger charge is -2.23. The molecular formula is C30H29NO5. The average Bonchev–Trinajstić information content (AvgIpc) is 3.41. The van der Waals surface area contributed by atoms with Crippen LogP contribution < -0.4 is 14.4 Å². The molecule has 0 bridgehead atoms. The minimum atomic E-state index is -1.92. The molecule has 0 aromatic heterocycles. The van der Waals surface area contributed by atoms with E-state index in [1.165, 1.54) is 11.6 Å². The molecule has 6 heteroatoms. The van der Waals surface area contributed by atoms with Crippen LogP contribution in [0.3, 0.4) is 0 Å². The number of fused-ring (bicyclic) bond motifs is 2. The third-order valence-electron chi connectivity index (χ3n) is 6.90. The van der Waals surface area contributed by atoms with Gasteiger partial charge in [0.15, 0.2) is 22.9 Å². The summed E-state index contributed by atoms with van der Waals surface area (Å²) in [5.74, 6) is 0.809. The van der Waals surface area contributed by atoms with Crippen LogP contribution in [0.4, 0.5) is 5.69 Å². The summed E-state index contributed by atoms with van der Waals surface area (Å²) in [7, 11) is 0. The van der Waals surface area contributed by atoms with Gasteiger partial charge in [-0.15, -0.1) is 0 Å². The Morgan fingerprint density at radius 2 is 1.86 bits per heavy atom. The smallest absolute Gasteiger partial charge is 0.264 e. The summed E-state index contributed by atoms with van der Waals surface area (Å²) in [4.78, 5) is 28.2. The minimum absolute atomic E-state index is 0.174. The van der Waals surface area contributed by atoms with Gasteiger partial charge in [-0.25, -0.2) is 0 Å². The van der Waals surface area contributed by atoms with Crippen molar-refractivity contribution in [2.45, 2.75) is 45.3 Å². The Hall–Kier alpha value is -3.90. The molecule has 1 amide bonds. The van der Waals surface area contributed by atoms with Crippen LogP contribution in [0.15, 0.2) is 66.7 Å². The average molecular weight is 484 g/mol. The number of allylic oxidation sites excluding steroid dienone is 1. The monoisotopic (exact) mass is 483 g/mol. The largest absolute Gasteiger partial charge is 0.454 e. The fourth-order valence-electron chi connectivity index (χ4n) is 4.74. The van der Waals surface area contributed by atoms with Gasteiger partial charge in [0.25, 0.3) is 5.91 Å². The maximum Gasteiger partial charge on any atom is 0.264 e. The van der Waals surface area contributed by atoms with Crippen LogP contribution in [0.5, 0.6) is 11.5 Å². The van der Waals surface area contributed by atoms with Crippen LogP contribution in [-0.4, -0.2) is 23.6 Å². The van der Waals surface area contributed by atoms with E-state index in [0.717, 1.165) is 16.7 Å². The predicted molar refractivity (Wildman–Crippen MR) is 138 cm³/mol. The Morgan fingerprint density at radius 1 is 1.08 bits per heavy atom. The second-order valence-electron chi connectivity index (χ2n) is 9.70. The van der Waals surface area contributed by atoms with Gasteiger partial charge in [-0.05, 0) is 59.4 Å². The van der Waals surface area contributed by atoms with Crippen LogP contribution >= 0.6 is 0 Å². The van der Waals surface area contributed by atoms with E-state index in [9.17, 15) is 14.7 Å². The number of amides is 1. The van der Waals surface area contributed by atoms with Gasteiger partial charge in [-0.1, -0.05) is 62.4 Å². The lowest BCUT2D eigenvalue weighted by molar-refractivity contribution is -0.140. The van der Waals surface area contributed by atoms with E-state index in [1.54, 1.807) is 35.2 Å². The number of carbonyl (C=O) groups excluding carboxylic acids is 2. The summed E-state index contributed by atoms with van der Waals surface area (Å²) in [5, 5.41) is 11.6. The Kier molecular flexibility index (Phi) is 6.14. The molecular weight excluding hydrogens is 454 g/mol. The number of hydrogen-bond acceptors (Lipinski definition) is 5. The van der Waals surface area contributed by atoms with Gasteiger partial charge in [0.1, 0.15) is 0 Å². The van der Waals surface area contributed by atoms with Crippen LogP contribution in [-0.2, 0) is 21.7 Å². The first-order valence-electron chi connectivity index (χ1n) is 12.1. The molecule has 0 radical (unpaired) electrons. The number of rotatable bonds is 7. The number of aliphatic hydroxyl groups is 1. The molecule has 0 aliphatic carbocycles. The number of nitrogens with zero attached hydrogens (tertiary/aromatic N) is 1. The van der Waals surface area contributed by atoms with Gasteiger partial charge >= 0.3 is 0 Å². The lowest BCUT2D eigenvalue weighted by Crippen LogP contribution is -2.41. The topological polar surface area (TPSA) is 76.1 Å². The lowest BCUT2D eigenvalue weighted by atomic mass is 9.89. The summed E-state index contributed by atoms with van der Waals surface area (Å²) in [6.07, 6.45) is 2.70. The fourth-order valence-corrected chi connectivity index (χ4v) is 4.74. The van der Waals surface area contributed by atoms with Crippen molar-refractivity contribution in [3.8, 4) is 11.5 Å². The Bertz CT molecular complexity index is 1380. The van der Waals surface area contributed by atoms with Crippen LogP contribution in [0.2, 0.25) is 0 Å². The highest BCUT2D eigenvalue weighted by Gasteiger charge is 2.50. The Balaban J connectivity index is 1.39. The zero-order valence-corrected chi connectivity index (χ0v) is 20.7. The highest BCUT2D eigenvalue weighted by atomic mass is 16.7. The number of ketones is 1. The number of aryl methyl sites for hydroxylation is 1. The summed E-state index contributed by atoms with van der Waals surface area (Å²) in [6, 6.07) is 18.8. The number of para-hydroxylation sites is 1. The summed E-state index contributed by atoms with van der Waals surface area (Å²) < 4.78 is 10.7. The van der Waals surface area contributed by atoms with Crippen LogP contribution in [0.25, 0.3) is 6.08 Å². The van der Waals surface area contributed by atoms with E-state index in [4.69, 9.17) is 9.47 Å². The highest BCUT2D eigenvalue weighted by molar-refractivity contribution is 6.10. The van der Waals surface area contributed by atoms with E-state index < -0.39 is 11.5 Å². The molecule has 36 heavy (non-hydrogen) atoms. The minimum Gasteiger partial charge on any atom is -0.454 e. The third kappa shape index (κ3) is 4.29. The molecule has 0 fully saturated rings. The first-order chi connectivity index (χ1) is 17.3. The molecule has 0 unspecified atom stereocenters. The molecule has 6 nitrogen and oxygen atoms in total. The summed E-state index contributed by atoms with van der Waals surface area (Å²) >= 11 is 0. The first-order valence-corrected chi connectivity index (χ1v) is 12.1. The fraction of sp³-hybridized carbons (Fsp3) is 0.267. The molecule has 2 aliphatic heterocycles. The first kappa shape index (κ1) is 23.8. The maximum atomic E-state index is 13.6. The highest BCUT2D eigenvalue weighted by Crippen LogP contribution is 2.43. The second kappa shape index (κ2) is 9.28. The Morgan fingerprint density at radius 3 is 2.67 bits per heavy atom. The maximum absolute atomic E-state index is 13.6. The zero-order valence-electron chi connectivity index (χ0n) is 20.7. The van der Waals surface area contributed by atoms with E-state index in [0.29, 0.717) is 35.2 Å². The molecule has 184 valence electrons. The summed E-state index contributed by atoms with van der Waals surface area (Å²) in [6.45, 7) is 6.78. The normalized spacial score (nSPS) is 18.4. The van der Waals surface area contributed by atoms with Crippen molar-refractivity contribution in [1.82, 2.24) is 0 Å². The van der Waals surface area contributed by atoms with Crippen molar-refractivity contribution in [2.24, 2.45) is 0 Å². The number of anilines is 1. The van der Waals surface area contributed by atoms with E-state index in [-0.39, 0.29) is 19.0 Å². The molecule has 2 heterocycles. The van der Waals surface area contributed by atoms with Gasteiger partial charge in [0.05, 0.1) is 18.7 Å². The van der Waals surface area contributed by atoms with Gasteiger partial charge in [0, 0.05) is 5.56 Å². The number of carbonyl (C=O) groups is 2. The molecule has 2 aliphatic rings. The standard InChI is InChI=1S/C30H29NO5/c1-19(2)22-11-8-20(3)23(15-22)17-31-26-7-5-4-6-25(26)30(34,29(31)33)16-24(32)12-9-21-10-13-27-28(14-21)36-18-35-27/h4-15,19,34H,16-18H2,1-3H3/b12-9+/t30-/m0/s1. The molecule has 0 saturated carbocycles. The molecule has 3 aromatic rings. The van der Waals surface area contributed by atoms with Crippen molar-refractivity contribution >= 4 is 23.5 Å². The number of hydrogen-bond donors (Lipinski definition) is 1. The van der Waals surface area contributed by atoms with Crippen molar-refractivity contribution in [3.05, 3.63) is 94.6 Å².